The van der Waals surface area contributed by atoms with Crippen molar-refractivity contribution < 1.29 is 15.0 Å². The maximum Gasteiger partial charge on any atom is 0.321 e. The van der Waals surface area contributed by atoms with E-state index in [9.17, 15) is 4.79 Å². The van der Waals surface area contributed by atoms with Crippen LogP contribution in [0.25, 0.3) is 0 Å². The van der Waals surface area contributed by atoms with Gasteiger partial charge >= 0.3 is 5.97 Å². The SMILES string of the molecule is CN1CC(O)C[C@H]1C(=O)O.Cl. The molecule has 0 aromatic rings. The Bertz CT molecular complexity index is 153. The summed E-state index contributed by atoms with van der Waals surface area (Å²) in [7, 11) is 1.70. The highest BCUT2D eigenvalue weighted by molar-refractivity contribution is 5.85. The lowest BCUT2D eigenvalue weighted by atomic mass is 10.2. The Kier molecular flexibility index (Phi) is 3.78. The van der Waals surface area contributed by atoms with Crippen LogP contribution in [0.5, 0.6) is 0 Å². The van der Waals surface area contributed by atoms with Crippen molar-refractivity contribution >= 4 is 18.4 Å². The molecule has 2 atom stereocenters. The smallest absolute Gasteiger partial charge is 0.321 e. The fourth-order valence-corrected chi connectivity index (χ4v) is 1.26. The number of aliphatic hydroxyl groups is 1. The maximum atomic E-state index is 10.4. The van der Waals surface area contributed by atoms with Gasteiger partial charge in [0.25, 0.3) is 0 Å². The summed E-state index contributed by atoms with van der Waals surface area (Å²) < 4.78 is 0. The van der Waals surface area contributed by atoms with E-state index < -0.39 is 18.1 Å². The fraction of sp³-hybridized carbons (Fsp3) is 0.833. The van der Waals surface area contributed by atoms with Gasteiger partial charge in [0.2, 0.25) is 0 Å². The van der Waals surface area contributed by atoms with E-state index in [0.29, 0.717) is 13.0 Å². The Morgan fingerprint density at radius 1 is 1.64 bits per heavy atom. The molecule has 0 saturated carbocycles. The van der Waals surface area contributed by atoms with E-state index in [1.165, 1.54) is 0 Å². The zero-order valence-electron chi connectivity index (χ0n) is 6.23. The summed E-state index contributed by atoms with van der Waals surface area (Å²) in [5.41, 5.74) is 0. The number of likely N-dealkylation sites (N-methyl/N-ethyl adjacent to an activating group) is 1. The molecule has 11 heavy (non-hydrogen) atoms. The second kappa shape index (κ2) is 3.90. The summed E-state index contributed by atoms with van der Waals surface area (Å²) in [5.74, 6) is -0.848. The molecular formula is C6H12ClNO3. The number of hydrogen-bond donors (Lipinski definition) is 2. The lowest BCUT2D eigenvalue weighted by Gasteiger charge is -2.12. The van der Waals surface area contributed by atoms with Crippen LogP contribution < -0.4 is 0 Å². The van der Waals surface area contributed by atoms with Gasteiger partial charge in [-0.3, -0.25) is 9.69 Å². The standard InChI is InChI=1S/C6H11NO3.ClH/c1-7-3-4(8)2-5(7)6(9)10;/h4-5,8H,2-3H2,1H3,(H,9,10);1H/t4?,5-;/m0./s1. The first-order chi connectivity index (χ1) is 4.61. The van der Waals surface area contributed by atoms with Crippen LogP contribution in [-0.4, -0.2) is 46.8 Å². The van der Waals surface area contributed by atoms with Crippen molar-refractivity contribution in [1.82, 2.24) is 4.90 Å². The third-order valence-corrected chi connectivity index (χ3v) is 1.81. The first-order valence-corrected chi connectivity index (χ1v) is 3.22. The number of rotatable bonds is 1. The van der Waals surface area contributed by atoms with E-state index in [4.69, 9.17) is 10.2 Å². The van der Waals surface area contributed by atoms with Gasteiger partial charge in [-0.2, -0.15) is 0 Å². The second-order valence-corrected chi connectivity index (χ2v) is 2.68. The third-order valence-electron chi connectivity index (χ3n) is 1.81. The highest BCUT2D eigenvalue weighted by atomic mass is 35.5. The molecule has 4 nitrogen and oxygen atoms in total. The summed E-state index contributed by atoms with van der Waals surface area (Å²) >= 11 is 0. The summed E-state index contributed by atoms with van der Waals surface area (Å²) in [6, 6.07) is -0.491. The average Bonchev–Trinajstić information content (AvgIpc) is 2.10. The van der Waals surface area contributed by atoms with Gasteiger partial charge in [0, 0.05) is 13.0 Å². The fourth-order valence-electron chi connectivity index (χ4n) is 1.26. The number of carbonyl (C=O) groups is 1. The van der Waals surface area contributed by atoms with Gasteiger partial charge in [0.15, 0.2) is 0 Å². The minimum atomic E-state index is -0.848. The molecule has 0 aromatic heterocycles. The lowest BCUT2D eigenvalue weighted by molar-refractivity contribution is -0.141. The van der Waals surface area contributed by atoms with Crippen LogP contribution in [0, 0.1) is 0 Å². The summed E-state index contributed by atoms with van der Waals surface area (Å²) in [4.78, 5) is 12.1. The molecule has 1 fully saturated rings. The van der Waals surface area contributed by atoms with E-state index in [-0.39, 0.29) is 12.4 Å². The molecule has 66 valence electrons. The number of likely N-dealkylation sites (tertiary alicyclic amines) is 1. The molecule has 0 spiro atoms. The number of aliphatic carboxylic acids is 1. The summed E-state index contributed by atoms with van der Waals surface area (Å²) in [6.07, 6.45) is -0.114. The van der Waals surface area contributed by atoms with Gasteiger partial charge in [-0.15, -0.1) is 12.4 Å². The van der Waals surface area contributed by atoms with Gasteiger partial charge < -0.3 is 10.2 Å². The highest BCUT2D eigenvalue weighted by Crippen LogP contribution is 2.14. The van der Waals surface area contributed by atoms with E-state index in [0.717, 1.165) is 0 Å². The monoisotopic (exact) mass is 181 g/mol. The number of aliphatic hydroxyl groups excluding tert-OH is 1. The highest BCUT2D eigenvalue weighted by Gasteiger charge is 2.32. The van der Waals surface area contributed by atoms with Crippen molar-refractivity contribution in [3.05, 3.63) is 0 Å². The van der Waals surface area contributed by atoms with Gasteiger partial charge in [-0.25, -0.2) is 0 Å². The Morgan fingerprint density at radius 2 is 2.18 bits per heavy atom. The maximum absolute atomic E-state index is 10.4. The Morgan fingerprint density at radius 3 is 2.36 bits per heavy atom. The van der Waals surface area contributed by atoms with Crippen molar-refractivity contribution in [3.8, 4) is 0 Å². The van der Waals surface area contributed by atoms with E-state index >= 15 is 0 Å². The number of nitrogens with zero attached hydrogens (tertiary/aromatic N) is 1. The van der Waals surface area contributed by atoms with Gasteiger partial charge in [-0.05, 0) is 7.05 Å². The van der Waals surface area contributed by atoms with Crippen molar-refractivity contribution in [2.24, 2.45) is 0 Å². The second-order valence-electron chi connectivity index (χ2n) is 2.68. The van der Waals surface area contributed by atoms with Crippen LogP contribution in [0.1, 0.15) is 6.42 Å². The third kappa shape index (κ3) is 2.32. The van der Waals surface area contributed by atoms with Crippen molar-refractivity contribution in [2.45, 2.75) is 18.6 Å². The van der Waals surface area contributed by atoms with Crippen LogP contribution >= 0.6 is 12.4 Å². The van der Waals surface area contributed by atoms with Gasteiger partial charge in [-0.1, -0.05) is 0 Å². The Hall–Kier alpha value is -0.320. The first kappa shape index (κ1) is 10.7. The normalized spacial score (nSPS) is 31.5. The molecule has 1 saturated heterocycles. The van der Waals surface area contributed by atoms with Crippen molar-refractivity contribution in [3.63, 3.8) is 0 Å². The van der Waals surface area contributed by atoms with Crippen molar-refractivity contribution in [2.75, 3.05) is 13.6 Å². The number of carboxylic acids is 1. The predicted octanol–water partition coefficient (Wildman–Crippen LogP) is -0.442. The predicted molar refractivity (Wildman–Crippen MR) is 41.9 cm³/mol. The van der Waals surface area contributed by atoms with Gasteiger partial charge in [0.05, 0.1) is 6.10 Å². The number of hydrogen-bond acceptors (Lipinski definition) is 3. The van der Waals surface area contributed by atoms with Crippen LogP contribution in [0.2, 0.25) is 0 Å². The zero-order chi connectivity index (χ0) is 7.72. The molecule has 5 heteroatoms. The van der Waals surface area contributed by atoms with Gasteiger partial charge in [0.1, 0.15) is 6.04 Å². The molecule has 0 bridgehead atoms. The zero-order valence-corrected chi connectivity index (χ0v) is 7.04. The number of halogens is 1. The van der Waals surface area contributed by atoms with Crippen LogP contribution in [-0.2, 0) is 4.79 Å². The molecule has 1 heterocycles. The molecule has 1 unspecified atom stereocenters. The molecule has 0 radical (unpaired) electrons. The molecule has 1 aliphatic heterocycles. The van der Waals surface area contributed by atoms with E-state index in [1.807, 2.05) is 0 Å². The van der Waals surface area contributed by atoms with Crippen molar-refractivity contribution in [1.29, 1.82) is 0 Å². The first-order valence-electron chi connectivity index (χ1n) is 3.22. The molecule has 1 aliphatic rings. The van der Waals surface area contributed by atoms with Crippen LogP contribution in [0.4, 0.5) is 0 Å². The summed E-state index contributed by atoms with van der Waals surface area (Å²) in [5, 5.41) is 17.6. The topological polar surface area (TPSA) is 60.8 Å². The Labute approximate surface area is 71.2 Å². The van der Waals surface area contributed by atoms with E-state index in [2.05, 4.69) is 0 Å². The molecule has 0 aliphatic carbocycles. The number of carboxylic acid groups (broad SMARTS) is 1. The lowest BCUT2D eigenvalue weighted by Crippen LogP contribution is -2.32. The van der Waals surface area contributed by atoms with Crippen LogP contribution in [0.3, 0.4) is 0 Å². The molecule has 0 aromatic carbocycles. The molecule has 2 N–H and O–H groups in total. The largest absolute Gasteiger partial charge is 0.480 e. The van der Waals surface area contributed by atoms with Crippen LogP contribution in [0.15, 0.2) is 0 Å². The average molecular weight is 182 g/mol. The van der Waals surface area contributed by atoms with E-state index in [1.54, 1.807) is 11.9 Å². The number of β-amino-alcohol motifs (C(OH)–C–C–N with tert-alkyl or cyclic N) is 1. The summed E-state index contributed by atoms with van der Waals surface area (Å²) in [6.45, 7) is 0.469. The Balaban J connectivity index is 0.000001000. The molecule has 0 amide bonds. The minimum Gasteiger partial charge on any atom is -0.480 e. The quantitative estimate of drug-likeness (QED) is 0.576. The minimum absolute atomic E-state index is 0. The molecular weight excluding hydrogens is 170 g/mol. The molecule has 1 rings (SSSR count).